The van der Waals surface area contributed by atoms with Crippen molar-refractivity contribution in [1.82, 2.24) is 10.2 Å². The number of H-pyrrole nitrogens is 2. The van der Waals surface area contributed by atoms with E-state index in [0.717, 1.165) is 0 Å². The van der Waals surface area contributed by atoms with Crippen LogP contribution in [0.1, 0.15) is 11.3 Å². The number of aromatic amines is 2. The fourth-order valence-corrected chi connectivity index (χ4v) is 1.70. The second kappa shape index (κ2) is 6.48. The van der Waals surface area contributed by atoms with Crippen LogP contribution in [0.2, 0.25) is 0 Å². The highest BCUT2D eigenvalue weighted by atomic mass is 16.6. The molecule has 0 saturated heterocycles. The molecular weight excluding hydrogens is 292 g/mol. The molecular formula is C13H12N4O5. The van der Waals surface area contributed by atoms with Gasteiger partial charge in [-0.25, -0.2) is 0 Å². The van der Waals surface area contributed by atoms with E-state index >= 15 is 0 Å². The number of nitro groups is 1. The largest absolute Gasteiger partial charge is 0.469 e. The molecule has 114 valence electrons. The number of nitrogens with zero attached hydrogens (tertiary/aromatic N) is 2. The van der Waals surface area contributed by atoms with Crippen molar-refractivity contribution in [2.24, 2.45) is 4.99 Å². The van der Waals surface area contributed by atoms with Crippen LogP contribution in [0.3, 0.4) is 0 Å². The first-order valence-corrected chi connectivity index (χ1v) is 6.16. The highest BCUT2D eigenvalue weighted by Gasteiger charge is 2.12. The quantitative estimate of drug-likeness (QED) is 0.369. The molecule has 0 aliphatic rings. The zero-order chi connectivity index (χ0) is 16.1. The van der Waals surface area contributed by atoms with Crippen molar-refractivity contribution in [3.8, 4) is 0 Å². The van der Waals surface area contributed by atoms with Crippen molar-refractivity contribution < 1.29 is 14.5 Å². The molecule has 0 aliphatic carbocycles. The summed E-state index contributed by atoms with van der Waals surface area (Å²) in [6.07, 6.45) is 1.19. The summed E-state index contributed by atoms with van der Waals surface area (Å²) in [4.78, 5) is 37.0. The van der Waals surface area contributed by atoms with E-state index in [1.807, 2.05) is 0 Å². The molecule has 0 radical (unpaired) electrons. The van der Waals surface area contributed by atoms with E-state index in [2.05, 4.69) is 19.9 Å². The number of methoxy groups -OCH3 is 1. The van der Waals surface area contributed by atoms with Crippen LogP contribution in [0.4, 0.5) is 11.4 Å². The second-order valence-corrected chi connectivity index (χ2v) is 4.26. The Morgan fingerprint density at radius 3 is 2.64 bits per heavy atom. The molecule has 0 unspecified atom stereocenters. The van der Waals surface area contributed by atoms with Crippen LogP contribution in [0.25, 0.3) is 0 Å². The Morgan fingerprint density at radius 2 is 2.05 bits per heavy atom. The van der Waals surface area contributed by atoms with Crippen molar-refractivity contribution >= 4 is 23.6 Å². The Morgan fingerprint density at radius 1 is 1.36 bits per heavy atom. The Labute approximate surface area is 123 Å². The Bertz CT molecular complexity index is 772. The highest BCUT2D eigenvalue weighted by Crippen LogP contribution is 2.17. The first-order chi connectivity index (χ1) is 10.5. The molecule has 1 heterocycles. The maximum atomic E-state index is 11.7. The lowest BCUT2D eigenvalue weighted by Crippen LogP contribution is -2.10. The molecule has 0 aliphatic heterocycles. The van der Waals surface area contributed by atoms with Gasteiger partial charge in [0, 0.05) is 18.3 Å². The van der Waals surface area contributed by atoms with E-state index in [0.29, 0.717) is 11.4 Å². The molecule has 2 N–H and O–H groups in total. The van der Waals surface area contributed by atoms with Crippen LogP contribution < -0.4 is 5.56 Å². The Balaban J connectivity index is 2.22. The molecule has 0 saturated carbocycles. The van der Waals surface area contributed by atoms with E-state index in [9.17, 15) is 19.7 Å². The van der Waals surface area contributed by atoms with Gasteiger partial charge in [0.25, 0.3) is 11.2 Å². The number of nitrogens with one attached hydrogen (secondary N) is 2. The number of hydrogen-bond acceptors (Lipinski definition) is 6. The predicted molar refractivity (Wildman–Crippen MR) is 77.5 cm³/mol. The average Bonchev–Trinajstić information content (AvgIpc) is 2.85. The van der Waals surface area contributed by atoms with Crippen LogP contribution in [0.15, 0.2) is 34.1 Å². The van der Waals surface area contributed by atoms with E-state index in [1.165, 1.54) is 37.6 Å². The standard InChI is InChI=1S/C13H12N4O5/c1-22-12(18)6-11-10(13(19)16-15-11)7-14-8-2-4-9(5-3-8)17(20)21/h2-5,7H,6H2,1H3,(H2,15,16,19). The number of esters is 1. The maximum Gasteiger partial charge on any atom is 0.311 e. The molecule has 2 aromatic rings. The number of hydrogen-bond donors (Lipinski definition) is 2. The monoisotopic (exact) mass is 304 g/mol. The molecule has 0 spiro atoms. The fourth-order valence-electron chi connectivity index (χ4n) is 1.70. The lowest BCUT2D eigenvalue weighted by Gasteiger charge is -1.97. The summed E-state index contributed by atoms with van der Waals surface area (Å²) in [5.74, 6) is -0.500. The third-order valence-corrected chi connectivity index (χ3v) is 2.85. The number of nitro benzene ring substituents is 1. The van der Waals surface area contributed by atoms with Gasteiger partial charge in [-0.15, -0.1) is 0 Å². The third kappa shape index (κ3) is 3.45. The van der Waals surface area contributed by atoms with Gasteiger partial charge >= 0.3 is 5.97 Å². The van der Waals surface area contributed by atoms with E-state index < -0.39 is 16.5 Å². The minimum Gasteiger partial charge on any atom is -0.469 e. The maximum absolute atomic E-state index is 11.7. The molecule has 9 nitrogen and oxygen atoms in total. The third-order valence-electron chi connectivity index (χ3n) is 2.85. The van der Waals surface area contributed by atoms with Crippen LogP contribution in [-0.4, -0.2) is 34.4 Å². The minimum atomic E-state index is -0.515. The first kappa shape index (κ1) is 15.2. The van der Waals surface area contributed by atoms with Gasteiger partial charge < -0.3 is 9.84 Å². The Kier molecular flexibility index (Phi) is 4.47. The fraction of sp³-hybridized carbons (Fsp3) is 0.154. The molecule has 22 heavy (non-hydrogen) atoms. The number of rotatable bonds is 5. The molecule has 0 atom stereocenters. The SMILES string of the molecule is COC(=O)Cc1[nH][nH]c(=O)c1C=Nc1ccc([N+](=O)[O-])cc1. The van der Waals surface area contributed by atoms with Crippen molar-refractivity contribution in [3.05, 3.63) is 56.0 Å². The second-order valence-electron chi connectivity index (χ2n) is 4.26. The number of non-ortho nitro benzene ring substituents is 1. The summed E-state index contributed by atoms with van der Waals surface area (Å²) in [6, 6.07) is 5.53. The highest BCUT2D eigenvalue weighted by molar-refractivity contribution is 5.85. The Hall–Kier alpha value is -3.23. The van der Waals surface area contributed by atoms with Gasteiger partial charge in [-0.3, -0.25) is 29.8 Å². The van der Waals surface area contributed by atoms with Crippen LogP contribution in [-0.2, 0) is 16.0 Å². The van der Waals surface area contributed by atoms with E-state index in [-0.39, 0.29) is 17.7 Å². The summed E-state index contributed by atoms with van der Waals surface area (Å²) < 4.78 is 4.53. The van der Waals surface area contributed by atoms with Gasteiger partial charge in [-0.05, 0) is 12.1 Å². The number of ether oxygens (including phenoxy) is 1. The summed E-state index contributed by atoms with van der Waals surface area (Å²) >= 11 is 0. The average molecular weight is 304 g/mol. The van der Waals surface area contributed by atoms with Crippen molar-refractivity contribution in [2.75, 3.05) is 7.11 Å². The van der Waals surface area contributed by atoms with Crippen molar-refractivity contribution in [3.63, 3.8) is 0 Å². The summed E-state index contributed by atoms with van der Waals surface area (Å²) in [6.45, 7) is 0. The smallest absolute Gasteiger partial charge is 0.311 e. The zero-order valence-corrected chi connectivity index (χ0v) is 11.5. The van der Waals surface area contributed by atoms with Gasteiger partial charge in [0.2, 0.25) is 0 Å². The molecule has 2 rings (SSSR count). The number of aromatic nitrogens is 2. The van der Waals surface area contributed by atoms with E-state index in [4.69, 9.17) is 0 Å². The normalized spacial score (nSPS) is 10.8. The summed E-state index contributed by atoms with van der Waals surface area (Å²) in [5.41, 5.74) is 0.510. The van der Waals surface area contributed by atoms with Crippen molar-refractivity contribution in [2.45, 2.75) is 6.42 Å². The van der Waals surface area contributed by atoms with Crippen LogP contribution in [0.5, 0.6) is 0 Å². The lowest BCUT2D eigenvalue weighted by atomic mass is 10.2. The first-order valence-electron chi connectivity index (χ1n) is 6.16. The van der Waals surface area contributed by atoms with Gasteiger partial charge in [0.05, 0.1) is 35.4 Å². The number of carbonyl (C=O) groups excluding carboxylic acids is 1. The number of benzene rings is 1. The van der Waals surface area contributed by atoms with Gasteiger partial charge in [0.15, 0.2) is 0 Å². The van der Waals surface area contributed by atoms with Gasteiger partial charge in [0.1, 0.15) is 0 Å². The van der Waals surface area contributed by atoms with Gasteiger partial charge in [-0.1, -0.05) is 0 Å². The molecule has 1 aromatic carbocycles. The molecule has 0 fully saturated rings. The summed E-state index contributed by atoms with van der Waals surface area (Å²) in [7, 11) is 1.25. The number of carbonyl (C=O) groups is 1. The molecule has 0 amide bonds. The minimum absolute atomic E-state index is 0.0511. The molecule has 0 bridgehead atoms. The van der Waals surface area contributed by atoms with Gasteiger partial charge in [-0.2, -0.15) is 0 Å². The topological polar surface area (TPSA) is 130 Å². The van der Waals surface area contributed by atoms with Crippen molar-refractivity contribution in [1.29, 1.82) is 0 Å². The predicted octanol–water partition coefficient (Wildman–Crippen LogP) is 1.08. The van der Waals surface area contributed by atoms with Crippen LogP contribution >= 0.6 is 0 Å². The lowest BCUT2D eigenvalue weighted by molar-refractivity contribution is -0.384. The molecule has 9 heteroatoms. The summed E-state index contributed by atoms with van der Waals surface area (Å²) in [5, 5.41) is 15.5. The number of aliphatic imine (C=N–C) groups is 1. The van der Waals surface area contributed by atoms with Crippen LogP contribution in [0, 0.1) is 10.1 Å². The van der Waals surface area contributed by atoms with E-state index in [1.54, 1.807) is 0 Å². The zero-order valence-electron chi connectivity index (χ0n) is 11.5. The molecule has 1 aromatic heterocycles.